The Kier molecular flexibility index (Phi) is 4.44. The molecule has 1 saturated carbocycles. The quantitative estimate of drug-likeness (QED) is 0.424. The van der Waals surface area contributed by atoms with Crippen molar-refractivity contribution in [3.63, 3.8) is 0 Å². The molecule has 0 amide bonds. The Morgan fingerprint density at radius 2 is 1.00 bits per heavy atom. The standard InChI is InChI=1S/C11H6F12O2/c1-3(5(24)25)2-4-6(12,13)8(16,17)10(20,21)11(22,23)9(18,19)7(4,14)15/h2,4H,1H3,(H,24,25). The van der Waals surface area contributed by atoms with Gasteiger partial charge in [-0.15, -0.1) is 0 Å². The van der Waals surface area contributed by atoms with E-state index in [-0.39, 0.29) is 6.92 Å². The summed E-state index contributed by atoms with van der Waals surface area (Å²) in [4.78, 5) is 10.4. The van der Waals surface area contributed by atoms with Gasteiger partial charge in [0.1, 0.15) is 5.92 Å². The zero-order chi connectivity index (χ0) is 20.4. The van der Waals surface area contributed by atoms with Crippen LogP contribution in [0.1, 0.15) is 6.92 Å². The zero-order valence-corrected chi connectivity index (χ0v) is 11.5. The lowest BCUT2D eigenvalue weighted by Crippen LogP contribution is -2.66. The molecule has 0 unspecified atom stereocenters. The maximum Gasteiger partial charge on any atom is 0.384 e. The Hall–Kier alpha value is -1.63. The molecule has 0 atom stereocenters. The number of allylic oxidation sites excluding steroid dienone is 1. The summed E-state index contributed by atoms with van der Waals surface area (Å²) in [5.41, 5.74) is -1.66. The number of rotatable bonds is 2. The van der Waals surface area contributed by atoms with Crippen molar-refractivity contribution in [3.05, 3.63) is 11.6 Å². The van der Waals surface area contributed by atoms with E-state index in [1.807, 2.05) is 0 Å². The lowest BCUT2D eigenvalue weighted by molar-refractivity contribution is -0.397. The van der Waals surface area contributed by atoms with Gasteiger partial charge in [0.25, 0.3) is 0 Å². The van der Waals surface area contributed by atoms with Crippen LogP contribution in [0.4, 0.5) is 52.7 Å². The minimum atomic E-state index is -7.59. The van der Waals surface area contributed by atoms with Gasteiger partial charge in [-0.25, -0.2) is 4.79 Å². The fourth-order valence-corrected chi connectivity index (χ4v) is 1.96. The number of hydrogen-bond acceptors (Lipinski definition) is 1. The molecule has 0 spiro atoms. The first-order chi connectivity index (χ1) is 10.7. The summed E-state index contributed by atoms with van der Waals surface area (Å²) in [7, 11) is 0. The van der Waals surface area contributed by atoms with E-state index in [4.69, 9.17) is 5.11 Å². The van der Waals surface area contributed by atoms with Crippen LogP contribution in [0.2, 0.25) is 0 Å². The van der Waals surface area contributed by atoms with Crippen LogP contribution in [-0.2, 0) is 4.79 Å². The van der Waals surface area contributed by atoms with Crippen molar-refractivity contribution in [2.75, 3.05) is 0 Å². The highest BCUT2D eigenvalue weighted by Crippen LogP contribution is 2.67. The second kappa shape index (κ2) is 5.19. The van der Waals surface area contributed by atoms with E-state index in [0.29, 0.717) is 0 Å². The van der Waals surface area contributed by atoms with E-state index in [1.54, 1.807) is 0 Å². The van der Waals surface area contributed by atoms with Crippen molar-refractivity contribution in [1.29, 1.82) is 0 Å². The Labute approximate surface area is 130 Å². The van der Waals surface area contributed by atoms with Gasteiger partial charge < -0.3 is 5.11 Å². The van der Waals surface area contributed by atoms with E-state index in [0.717, 1.165) is 0 Å². The Morgan fingerprint density at radius 3 is 1.24 bits per heavy atom. The van der Waals surface area contributed by atoms with Crippen LogP contribution in [0, 0.1) is 5.92 Å². The summed E-state index contributed by atoms with van der Waals surface area (Å²) in [5.74, 6) is -51.0. The van der Waals surface area contributed by atoms with Gasteiger partial charge in [-0.1, -0.05) is 6.08 Å². The molecule has 1 aliphatic carbocycles. The van der Waals surface area contributed by atoms with Crippen molar-refractivity contribution >= 4 is 5.97 Å². The maximum atomic E-state index is 13.6. The van der Waals surface area contributed by atoms with E-state index < -0.39 is 59.1 Å². The van der Waals surface area contributed by atoms with Crippen LogP contribution in [0.3, 0.4) is 0 Å². The van der Waals surface area contributed by atoms with E-state index in [2.05, 4.69) is 0 Å². The molecule has 0 aliphatic heterocycles. The average molecular weight is 398 g/mol. The third-order valence-electron chi connectivity index (χ3n) is 3.56. The molecular formula is C11H6F12O2. The highest BCUT2D eigenvalue weighted by atomic mass is 19.4. The number of alkyl halides is 12. The lowest BCUT2D eigenvalue weighted by Gasteiger charge is -2.35. The Morgan fingerprint density at radius 1 is 0.720 bits per heavy atom. The SMILES string of the molecule is CC(=CC1C(F)(F)C(F)(F)C(F)(F)C(F)(F)C(F)(F)C1(F)F)C(=O)O. The van der Waals surface area contributed by atoms with Gasteiger partial charge in [-0.05, 0) is 6.92 Å². The fraction of sp³-hybridized carbons (Fsp3) is 0.727. The predicted molar refractivity (Wildman–Crippen MR) is 54.6 cm³/mol. The molecule has 0 bridgehead atoms. The molecule has 2 nitrogen and oxygen atoms in total. The molecule has 25 heavy (non-hydrogen) atoms. The number of carbonyl (C=O) groups is 1. The summed E-state index contributed by atoms with van der Waals surface area (Å²) in [6.07, 6.45) is -1.08. The molecule has 0 aromatic carbocycles. The summed E-state index contributed by atoms with van der Waals surface area (Å²) < 4.78 is 160. The summed E-state index contributed by atoms with van der Waals surface area (Å²) in [5, 5.41) is 8.36. The lowest BCUT2D eigenvalue weighted by atomic mass is 9.87. The summed E-state index contributed by atoms with van der Waals surface area (Å²) in [6, 6.07) is 0. The van der Waals surface area contributed by atoms with Crippen LogP contribution in [-0.4, -0.2) is 46.6 Å². The number of hydrogen-bond donors (Lipinski definition) is 1. The van der Waals surface area contributed by atoms with Gasteiger partial charge in [0.2, 0.25) is 0 Å². The summed E-state index contributed by atoms with van der Waals surface area (Å²) >= 11 is 0. The van der Waals surface area contributed by atoms with E-state index >= 15 is 0 Å². The molecule has 14 heteroatoms. The highest BCUT2D eigenvalue weighted by Gasteiger charge is 2.96. The van der Waals surface area contributed by atoms with Gasteiger partial charge in [0.05, 0.1) is 0 Å². The number of aliphatic carboxylic acids is 1. The normalized spacial score (nSPS) is 29.7. The Balaban J connectivity index is 3.98. The van der Waals surface area contributed by atoms with Crippen LogP contribution in [0.5, 0.6) is 0 Å². The number of carboxylic acids is 1. The smallest absolute Gasteiger partial charge is 0.384 e. The van der Waals surface area contributed by atoms with E-state index in [1.165, 1.54) is 0 Å². The van der Waals surface area contributed by atoms with Crippen LogP contribution < -0.4 is 0 Å². The molecule has 1 rings (SSSR count). The minimum absolute atomic E-state index is 0.200. The number of halogens is 12. The topological polar surface area (TPSA) is 37.3 Å². The maximum absolute atomic E-state index is 13.6. The predicted octanol–water partition coefficient (Wildman–Crippen LogP) is 4.46. The van der Waals surface area contributed by atoms with Crippen LogP contribution in [0.25, 0.3) is 0 Å². The minimum Gasteiger partial charge on any atom is -0.478 e. The third kappa shape index (κ3) is 2.31. The first-order valence-corrected chi connectivity index (χ1v) is 5.89. The summed E-state index contributed by atoms with van der Waals surface area (Å²) in [6.45, 7) is 0.200. The van der Waals surface area contributed by atoms with Crippen molar-refractivity contribution in [2.24, 2.45) is 5.92 Å². The van der Waals surface area contributed by atoms with Crippen molar-refractivity contribution in [3.8, 4) is 0 Å². The third-order valence-corrected chi connectivity index (χ3v) is 3.56. The molecule has 1 aliphatic rings. The number of carboxylic acid groups (broad SMARTS) is 1. The largest absolute Gasteiger partial charge is 0.478 e. The molecule has 0 radical (unpaired) electrons. The van der Waals surface area contributed by atoms with Crippen LogP contribution >= 0.6 is 0 Å². The van der Waals surface area contributed by atoms with Crippen LogP contribution in [0.15, 0.2) is 11.6 Å². The average Bonchev–Trinajstić information content (AvgIpc) is 2.42. The molecule has 0 aromatic rings. The van der Waals surface area contributed by atoms with E-state index in [9.17, 15) is 57.5 Å². The molecule has 146 valence electrons. The van der Waals surface area contributed by atoms with Gasteiger partial charge in [0, 0.05) is 5.57 Å². The van der Waals surface area contributed by atoms with Gasteiger partial charge >= 0.3 is 41.5 Å². The van der Waals surface area contributed by atoms with Crippen molar-refractivity contribution in [1.82, 2.24) is 0 Å². The van der Waals surface area contributed by atoms with Crippen molar-refractivity contribution < 1.29 is 62.6 Å². The van der Waals surface area contributed by atoms with Gasteiger partial charge in [-0.2, -0.15) is 52.7 Å². The van der Waals surface area contributed by atoms with Gasteiger partial charge in [-0.3, -0.25) is 0 Å². The molecule has 0 heterocycles. The highest BCUT2D eigenvalue weighted by molar-refractivity contribution is 5.85. The molecular weight excluding hydrogens is 392 g/mol. The monoisotopic (exact) mass is 398 g/mol. The molecule has 1 N–H and O–H groups in total. The molecule has 0 aromatic heterocycles. The Bertz CT molecular complexity index is 568. The zero-order valence-electron chi connectivity index (χ0n) is 11.5. The molecule has 0 saturated heterocycles. The van der Waals surface area contributed by atoms with Crippen molar-refractivity contribution in [2.45, 2.75) is 42.5 Å². The second-order valence-corrected chi connectivity index (χ2v) is 5.18. The molecule has 1 fully saturated rings. The van der Waals surface area contributed by atoms with Gasteiger partial charge in [0.15, 0.2) is 0 Å². The second-order valence-electron chi connectivity index (χ2n) is 5.18. The first kappa shape index (κ1) is 21.4. The fourth-order valence-electron chi connectivity index (χ4n) is 1.96. The first-order valence-electron chi connectivity index (χ1n) is 5.89.